The number of piperazine rings is 1. The predicted octanol–water partition coefficient (Wildman–Crippen LogP) is 5.33. The van der Waals surface area contributed by atoms with Crippen LogP contribution in [-0.4, -0.2) is 60.9 Å². The Morgan fingerprint density at radius 1 is 1.05 bits per heavy atom. The Hall–Kier alpha value is -3.65. The van der Waals surface area contributed by atoms with Crippen molar-refractivity contribution in [3.05, 3.63) is 57.9 Å². The number of rotatable bonds is 5. The van der Waals surface area contributed by atoms with E-state index in [-0.39, 0.29) is 17.4 Å². The molecule has 5 heterocycles. The third kappa shape index (κ3) is 5.05. The topological polar surface area (TPSA) is 100 Å². The van der Waals surface area contributed by atoms with Gasteiger partial charge in [0.15, 0.2) is 5.13 Å². The molecule has 1 amide bonds. The van der Waals surface area contributed by atoms with Gasteiger partial charge in [-0.1, -0.05) is 0 Å². The third-order valence-corrected chi connectivity index (χ3v) is 8.71. The van der Waals surface area contributed by atoms with Crippen LogP contribution in [0, 0.1) is 13.8 Å². The highest BCUT2D eigenvalue weighted by molar-refractivity contribution is 7.16. The average molecular weight is 573 g/mol. The molecule has 2 fully saturated rings. The summed E-state index contributed by atoms with van der Waals surface area (Å²) in [5, 5.41) is 6.86. The van der Waals surface area contributed by atoms with Gasteiger partial charge in [0.25, 0.3) is 5.91 Å². The molecule has 1 saturated carbocycles. The predicted molar refractivity (Wildman–Crippen MR) is 142 cm³/mol. The van der Waals surface area contributed by atoms with Crippen LogP contribution >= 0.6 is 22.7 Å². The number of nitrogens with zero attached hydrogens (tertiary/aromatic N) is 7. The first-order valence-corrected chi connectivity index (χ1v) is 13.9. The second-order valence-electron chi connectivity index (χ2n) is 9.61. The molecule has 39 heavy (non-hydrogen) atoms. The van der Waals surface area contributed by atoms with Crippen LogP contribution in [-0.2, 0) is 6.18 Å². The zero-order valence-corrected chi connectivity index (χ0v) is 22.6. The van der Waals surface area contributed by atoms with E-state index in [1.165, 1.54) is 11.3 Å². The number of halogens is 3. The zero-order chi connectivity index (χ0) is 27.4. The summed E-state index contributed by atoms with van der Waals surface area (Å²) in [6, 6.07) is 3.49. The lowest BCUT2D eigenvalue weighted by Crippen LogP contribution is -2.57. The number of carbonyl (C=O) groups excluding carboxylic acids is 1. The molecular formula is C25H23F3N8OS2. The Bertz CT molecular complexity index is 1510. The van der Waals surface area contributed by atoms with Gasteiger partial charge >= 0.3 is 6.18 Å². The van der Waals surface area contributed by atoms with E-state index in [2.05, 4.69) is 30.2 Å². The second-order valence-corrected chi connectivity index (χ2v) is 11.7. The first-order chi connectivity index (χ1) is 18.6. The van der Waals surface area contributed by atoms with Crippen LogP contribution in [0.4, 0.5) is 30.1 Å². The standard InChI is InChI=1S/C25H23F3N8OS2/c1-14-20(39-15(2)32-14)18-12-38-23(33-18)34-19-4-3-16(9-29-19)21(37)36-8-7-35(13-24(36)5-6-24)22-30-10-17(11-31-22)25(26,27)28/h3-4,9-12H,5-8,13H2,1-2H3,(H,29,33,34). The van der Waals surface area contributed by atoms with Crippen LogP contribution in [0.3, 0.4) is 0 Å². The maximum Gasteiger partial charge on any atom is 0.419 e. The van der Waals surface area contributed by atoms with Gasteiger partial charge in [0, 0.05) is 43.6 Å². The Morgan fingerprint density at radius 2 is 1.82 bits per heavy atom. The highest BCUT2D eigenvalue weighted by Crippen LogP contribution is 2.45. The normalized spacial score (nSPS) is 16.5. The van der Waals surface area contributed by atoms with E-state index in [1.807, 2.05) is 29.0 Å². The first-order valence-electron chi connectivity index (χ1n) is 12.2. The number of alkyl halides is 3. The number of aryl methyl sites for hydroxylation is 2. The maximum atomic E-state index is 13.4. The molecular weight excluding hydrogens is 549 g/mol. The molecule has 9 nitrogen and oxygen atoms in total. The van der Waals surface area contributed by atoms with Crippen LogP contribution in [0.25, 0.3) is 10.6 Å². The van der Waals surface area contributed by atoms with E-state index in [4.69, 9.17) is 0 Å². The van der Waals surface area contributed by atoms with Crippen molar-refractivity contribution < 1.29 is 18.0 Å². The van der Waals surface area contributed by atoms with Gasteiger partial charge in [-0.3, -0.25) is 4.79 Å². The molecule has 0 atom stereocenters. The lowest BCUT2D eigenvalue weighted by atomic mass is 10.1. The van der Waals surface area contributed by atoms with Crippen molar-refractivity contribution in [1.82, 2.24) is 29.8 Å². The van der Waals surface area contributed by atoms with Crippen LogP contribution in [0.1, 0.15) is 39.5 Å². The molecule has 0 aromatic carbocycles. The van der Waals surface area contributed by atoms with Crippen molar-refractivity contribution in [3.63, 3.8) is 0 Å². The van der Waals surface area contributed by atoms with Crippen LogP contribution in [0.5, 0.6) is 0 Å². The van der Waals surface area contributed by atoms with Gasteiger partial charge in [-0.2, -0.15) is 13.2 Å². The number of aromatic nitrogens is 5. The fourth-order valence-electron chi connectivity index (χ4n) is 4.73. The zero-order valence-electron chi connectivity index (χ0n) is 21.0. The average Bonchev–Trinajstić information content (AvgIpc) is 3.35. The van der Waals surface area contributed by atoms with Gasteiger partial charge in [-0.25, -0.2) is 24.9 Å². The molecule has 1 spiro atoms. The van der Waals surface area contributed by atoms with Crippen molar-refractivity contribution in [2.75, 3.05) is 29.9 Å². The number of pyridine rings is 1. The van der Waals surface area contributed by atoms with E-state index >= 15 is 0 Å². The van der Waals surface area contributed by atoms with Crippen LogP contribution in [0.15, 0.2) is 36.1 Å². The SMILES string of the molecule is Cc1nc(C)c(-c2csc(Nc3ccc(C(=O)N4CCN(c5ncc(C(F)(F)F)cn5)CC45CC5)cn3)n2)s1. The molecule has 4 aromatic rings. The Labute approximate surface area is 229 Å². The van der Waals surface area contributed by atoms with Gasteiger partial charge in [0.05, 0.1) is 37.9 Å². The minimum atomic E-state index is -4.48. The second kappa shape index (κ2) is 9.52. The molecule has 6 rings (SSSR count). The molecule has 0 unspecified atom stereocenters. The minimum absolute atomic E-state index is 0.118. The molecule has 1 saturated heterocycles. The van der Waals surface area contributed by atoms with Crippen LogP contribution < -0.4 is 10.2 Å². The number of anilines is 3. The fraction of sp³-hybridized carbons (Fsp3) is 0.360. The van der Waals surface area contributed by atoms with Crippen molar-refractivity contribution in [2.24, 2.45) is 0 Å². The molecule has 0 bridgehead atoms. The summed E-state index contributed by atoms with van der Waals surface area (Å²) in [4.78, 5) is 39.5. The van der Waals surface area contributed by atoms with Gasteiger partial charge < -0.3 is 15.1 Å². The number of hydrogen-bond acceptors (Lipinski definition) is 10. The van der Waals surface area contributed by atoms with E-state index in [0.717, 1.165) is 46.5 Å². The van der Waals surface area contributed by atoms with Crippen molar-refractivity contribution >= 4 is 45.5 Å². The van der Waals surface area contributed by atoms with Crippen molar-refractivity contribution in [1.29, 1.82) is 0 Å². The minimum Gasteiger partial charge on any atom is -0.337 e. The fourth-order valence-corrected chi connectivity index (χ4v) is 6.40. The Balaban J connectivity index is 1.10. The summed E-state index contributed by atoms with van der Waals surface area (Å²) >= 11 is 3.08. The molecule has 202 valence electrons. The third-order valence-electron chi connectivity index (χ3n) is 6.86. The van der Waals surface area contributed by atoms with E-state index in [1.54, 1.807) is 29.7 Å². The molecule has 1 aliphatic heterocycles. The molecule has 4 aromatic heterocycles. The number of hydrogen-bond donors (Lipinski definition) is 1. The smallest absolute Gasteiger partial charge is 0.337 e. The summed E-state index contributed by atoms with van der Waals surface area (Å²) in [7, 11) is 0. The summed E-state index contributed by atoms with van der Waals surface area (Å²) in [5.74, 6) is 0.701. The summed E-state index contributed by atoms with van der Waals surface area (Å²) < 4.78 is 38.6. The van der Waals surface area contributed by atoms with E-state index in [0.29, 0.717) is 36.1 Å². The highest BCUT2D eigenvalue weighted by Gasteiger charge is 2.53. The monoisotopic (exact) mass is 572 g/mol. The first kappa shape index (κ1) is 25.6. The molecule has 14 heteroatoms. The van der Waals surface area contributed by atoms with E-state index < -0.39 is 11.7 Å². The van der Waals surface area contributed by atoms with Gasteiger partial charge in [-0.05, 0) is 38.8 Å². The quantitative estimate of drug-likeness (QED) is 0.343. The van der Waals surface area contributed by atoms with Crippen molar-refractivity contribution in [2.45, 2.75) is 38.4 Å². The number of nitrogens with one attached hydrogen (secondary N) is 1. The van der Waals surface area contributed by atoms with Crippen LogP contribution in [0.2, 0.25) is 0 Å². The lowest BCUT2D eigenvalue weighted by molar-refractivity contribution is -0.138. The van der Waals surface area contributed by atoms with Gasteiger partial charge in [0.2, 0.25) is 5.95 Å². The Morgan fingerprint density at radius 3 is 2.44 bits per heavy atom. The molecule has 1 N–H and O–H groups in total. The summed E-state index contributed by atoms with van der Waals surface area (Å²) in [5.41, 5.74) is 1.04. The van der Waals surface area contributed by atoms with E-state index in [9.17, 15) is 18.0 Å². The lowest BCUT2D eigenvalue weighted by Gasteiger charge is -2.42. The summed E-state index contributed by atoms with van der Waals surface area (Å²) in [6.45, 7) is 5.26. The summed E-state index contributed by atoms with van der Waals surface area (Å²) in [6.07, 6.45) is 0.298. The Kier molecular flexibility index (Phi) is 6.25. The van der Waals surface area contributed by atoms with Gasteiger partial charge in [-0.15, -0.1) is 22.7 Å². The number of amides is 1. The molecule has 2 aliphatic rings. The van der Waals surface area contributed by atoms with Crippen molar-refractivity contribution in [3.8, 4) is 10.6 Å². The highest BCUT2D eigenvalue weighted by atomic mass is 32.1. The maximum absolute atomic E-state index is 13.4. The van der Waals surface area contributed by atoms with Gasteiger partial charge in [0.1, 0.15) is 5.82 Å². The number of carbonyl (C=O) groups is 1. The molecule has 1 aliphatic carbocycles. The largest absolute Gasteiger partial charge is 0.419 e. The number of thiazole rings is 2. The molecule has 0 radical (unpaired) electrons.